The molecule has 7 nitrogen and oxygen atoms in total. The number of hydrogen-bond acceptors (Lipinski definition) is 5. The number of nitro benzene ring substituents is 1. The molecule has 0 aliphatic rings. The van der Waals surface area contributed by atoms with Crippen molar-refractivity contribution >= 4 is 17.8 Å². The van der Waals surface area contributed by atoms with E-state index in [0.29, 0.717) is 22.6 Å². The van der Waals surface area contributed by atoms with Crippen LogP contribution < -0.4 is 5.43 Å². The Morgan fingerprint density at radius 3 is 2.65 bits per heavy atom. The van der Waals surface area contributed by atoms with Crippen molar-refractivity contribution in [1.29, 1.82) is 0 Å². The van der Waals surface area contributed by atoms with Crippen molar-refractivity contribution < 1.29 is 14.1 Å². The number of carbonyl (C=O) groups is 1. The summed E-state index contributed by atoms with van der Waals surface area (Å²) in [6.45, 7) is 1.84. The molecule has 0 aliphatic heterocycles. The van der Waals surface area contributed by atoms with E-state index in [-0.39, 0.29) is 11.6 Å². The monoisotopic (exact) mass is 349 g/mol. The van der Waals surface area contributed by atoms with Gasteiger partial charge in [-0.1, -0.05) is 24.3 Å². The Labute approximate surface area is 149 Å². The Balaban J connectivity index is 1.73. The summed E-state index contributed by atoms with van der Waals surface area (Å²) in [5, 5.41) is 14.8. The van der Waals surface area contributed by atoms with Gasteiger partial charge in [-0.05, 0) is 36.8 Å². The lowest BCUT2D eigenvalue weighted by atomic mass is 10.1. The third-order valence-corrected chi connectivity index (χ3v) is 3.72. The van der Waals surface area contributed by atoms with E-state index in [1.54, 1.807) is 42.5 Å². The molecular formula is C19H15N3O4. The third kappa shape index (κ3) is 3.84. The van der Waals surface area contributed by atoms with E-state index in [9.17, 15) is 14.9 Å². The fourth-order valence-electron chi connectivity index (χ4n) is 2.36. The van der Waals surface area contributed by atoms with Crippen molar-refractivity contribution in [2.75, 3.05) is 0 Å². The van der Waals surface area contributed by atoms with Gasteiger partial charge in [0.15, 0.2) is 0 Å². The van der Waals surface area contributed by atoms with E-state index in [0.717, 1.165) is 5.56 Å². The predicted molar refractivity (Wildman–Crippen MR) is 97.0 cm³/mol. The van der Waals surface area contributed by atoms with E-state index < -0.39 is 4.92 Å². The van der Waals surface area contributed by atoms with Crippen LogP contribution in [0.3, 0.4) is 0 Å². The Morgan fingerprint density at radius 1 is 1.15 bits per heavy atom. The summed E-state index contributed by atoms with van der Waals surface area (Å²) in [6, 6.07) is 16.7. The minimum Gasteiger partial charge on any atom is -0.455 e. The molecule has 1 amide bonds. The van der Waals surface area contributed by atoms with Crippen molar-refractivity contribution in [2.45, 2.75) is 6.92 Å². The average Bonchev–Trinajstić information content (AvgIpc) is 3.11. The summed E-state index contributed by atoms with van der Waals surface area (Å²) >= 11 is 0. The maximum absolute atomic E-state index is 11.9. The van der Waals surface area contributed by atoms with Gasteiger partial charge in [-0.25, -0.2) is 5.43 Å². The molecule has 0 radical (unpaired) electrons. The van der Waals surface area contributed by atoms with Crippen LogP contribution in [0.4, 0.5) is 5.69 Å². The Bertz CT molecular complexity index is 977. The maximum Gasteiger partial charge on any atom is 0.271 e. The van der Waals surface area contributed by atoms with E-state index in [4.69, 9.17) is 4.42 Å². The fourth-order valence-corrected chi connectivity index (χ4v) is 2.36. The molecule has 1 aromatic heterocycles. The number of nitrogens with zero attached hydrogens (tertiary/aromatic N) is 2. The summed E-state index contributed by atoms with van der Waals surface area (Å²) in [4.78, 5) is 22.4. The van der Waals surface area contributed by atoms with Crippen LogP contribution in [-0.2, 0) is 0 Å². The highest BCUT2D eigenvalue weighted by atomic mass is 16.6. The van der Waals surface area contributed by atoms with E-state index in [2.05, 4.69) is 10.5 Å². The van der Waals surface area contributed by atoms with Gasteiger partial charge in [0, 0.05) is 23.3 Å². The summed E-state index contributed by atoms with van der Waals surface area (Å²) < 4.78 is 5.65. The largest absolute Gasteiger partial charge is 0.455 e. The highest BCUT2D eigenvalue weighted by Gasteiger charge is 2.13. The van der Waals surface area contributed by atoms with Gasteiger partial charge >= 0.3 is 0 Å². The zero-order valence-corrected chi connectivity index (χ0v) is 13.9. The molecule has 3 aromatic rings. The number of amides is 1. The van der Waals surface area contributed by atoms with Gasteiger partial charge in [-0.15, -0.1) is 0 Å². The van der Waals surface area contributed by atoms with Crippen molar-refractivity contribution in [3.8, 4) is 11.3 Å². The van der Waals surface area contributed by atoms with E-state index in [1.165, 1.54) is 18.3 Å². The summed E-state index contributed by atoms with van der Waals surface area (Å²) in [7, 11) is 0. The van der Waals surface area contributed by atoms with Crippen LogP contribution in [0.15, 0.2) is 70.2 Å². The summed E-state index contributed by atoms with van der Waals surface area (Å²) in [5.41, 5.74) is 4.39. The number of nitrogens with one attached hydrogen (secondary N) is 1. The molecule has 0 fully saturated rings. The lowest BCUT2D eigenvalue weighted by molar-refractivity contribution is -0.384. The van der Waals surface area contributed by atoms with Gasteiger partial charge in [0.25, 0.3) is 11.6 Å². The minimum absolute atomic E-state index is 0.00709. The second kappa shape index (κ2) is 7.43. The molecule has 0 spiro atoms. The van der Waals surface area contributed by atoms with Gasteiger partial charge < -0.3 is 4.42 Å². The number of aryl methyl sites for hydroxylation is 1. The van der Waals surface area contributed by atoms with Gasteiger partial charge in [0.1, 0.15) is 11.5 Å². The molecule has 0 unspecified atom stereocenters. The highest BCUT2D eigenvalue weighted by Crippen LogP contribution is 2.28. The number of nitro groups is 1. The van der Waals surface area contributed by atoms with Crippen LogP contribution in [0.25, 0.3) is 11.3 Å². The third-order valence-electron chi connectivity index (χ3n) is 3.72. The van der Waals surface area contributed by atoms with Crippen LogP contribution in [-0.4, -0.2) is 17.0 Å². The number of rotatable bonds is 5. The van der Waals surface area contributed by atoms with Gasteiger partial charge in [-0.3, -0.25) is 14.9 Å². The molecule has 3 rings (SSSR count). The number of furan rings is 1. The topological polar surface area (TPSA) is 97.7 Å². The Hall–Kier alpha value is -3.74. The quantitative estimate of drug-likeness (QED) is 0.429. The molecule has 0 aliphatic carbocycles. The summed E-state index contributed by atoms with van der Waals surface area (Å²) in [5.74, 6) is 0.574. The lowest BCUT2D eigenvalue weighted by Crippen LogP contribution is -2.17. The van der Waals surface area contributed by atoms with Crippen molar-refractivity contribution in [3.05, 3.63) is 87.7 Å². The molecule has 130 valence electrons. The molecule has 0 atom stereocenters. The van der Waals surface area contributed by atoms with Crippen molar-refractivity contribution in [1.82, 2.24) is 5.43 Å². The zero-order valence-electron chi connectivity index (χ0n) is 13.9. The average molecular weight is 349 g/mol. The van der Waals surface area contributed by atoms with Crippen LogP contribution in [0.5, 0.6) is 0 Å². The second-order valence-corrected chi connectivity index (χ2v) is 5.52. The minimum atomic E-state index is -0.451. The van der Waals surface area contributed by atoms with Gasteiger partial charge in [-0.2, -0.15) is 5.10 Å². The van der Waals surface area contributed by atoms with Crippen molar-refractivity contribution in [3.63, 3.8) is 0 Å². The molecule has 0 saturated heterocycles. The van der Waals surface area contributed by atoms with Crippen LogP contribution in [0.2, 0.25) is 0 Å². The first-order chi connectivity index (χ1) is 12.5. The van der Waals surface area contributed by atoms with Crippen LogP contribution in [0, 0.1) is 17.0 Å². The molecule has 7 heteroatoms. The molecule has 1 heterocycles. The predicted octanol–water partition coefficient (Wildman–Crippen LogP) is 3.93. The van der Waals surface area contributed by atoms with E-state index >= 15 is 0 Å². The number of hydrogen-bond donors (Lipinski definition) is 1. The molecule has 26 heavy (non-hydrogen) atoms. The number of carbonyl (C=O) groups excluding carboxylic acids is 1. The normalized spacial score (nSPS) is 10.8. The van der Waals surface area contributed by atoms with Gasteiger partial charge in [0.2, 0.25) is 0 Å². The van der Waals surface area contributed by atoms with Crippen LogP contribution >= 0.6 is 0 Å². The summed E-state index contributed by atoms with van der Waals surface area (Å²) in [6.07, 6.45) is 1.37. The standard InChI is InChI=1S/C19H15N3O4/c1-13-7-8-15(22(24)25)11-17(13)18-10-9-16(26-18)12-20-21-19(23)14-5-3-2-4-6-14/h2-12H,1H3,(H,21,23)/b20-12-. The molecule has 0 saturated carbocycles. The zero-order chi connectivity index (χ0) is 18.5. The highest BCUT2D eigenvalue weighted by molar-refractivity contribution is 5.94. The fraction of sp³-hybridized carbons (Fsp3) is 0.0526. The number of benzene rings is 2. The Morgan fingerprint density at radius 2 is 1.92 bits per heavy atom. The Kier molecular flexibility index (Phi) is 4.89. The first kappa shape index (κ1) is 17.1. The van der Waals surface area contributed by atoms with E-state index in [1.807, 2.05) is 13.0 Å². The first-order valence-electron chi connectivity index (χ1n) is 7.78. The number of hydrazone groups is 1. The maximum atomic E-state index is 11.9. The number of non-ortho nitro benzene ring substituents is 1. The van der Waals surface area contributed by atoms with Crippen LogP contribution in [0.1, 0.15) is 21.7 Å². The molecule has 1 N–H and O–H groups in total. The van der Waals surface area contributed by atoms with Crippen molar-refractivity contribution in [2.24, 2.45) is 5.10 Å². The molecular weight excluding hydrogens is 334 g/mol. The second-order valence-electron chi connectivity index (χ2n) is 5.52. The SMILES string of the molecule is Cc1ccc([N+](=O)[O-])cc1-c1ccc(/C=N\NC(=O)c2ccccc2)o1. The smallest absolute Gasteiger partial charge is 0.271 e. The molecule has 2 aromatic carbocycles. The molecule has 0 bridgehead atoms. The first-order valence-corrected chi connectivity index (χ1v) is 7.78. The van der Waals surface area contributed by atoms with Gasteiger partial charge in [0.05, 0.1) is 11.1 Å². The lowest BCUT2D eigenvalue weighted by Gasteiger charge is -2.02.